The largest absolute Gasteiger partial charge is 0.488 e. The third-order valence-electron chi connectivity index (χ3n) is 10.2. The van der Waals surface area contributed by atoms with E-state index in [-0.39, 0.29) is 46.8 Å². The van der Waals surface area contributed by atoms with Crippen LogP contribution in [-0.4, -0.2) is 133 Å². The van der Waals surface area contributed by atoms with Crippen molar-refractivity contribution in [3.63, 3.8) is 0 Å². The first-order valence-electron chi connectivity index (χ1n) is 19.8. The highest BCUT2D eigenvalue weighted by Crippen LogP contribution is 2.66. The van der Waals surface area contributed by atoms with Crippen LogP contribution in [0, 0.1) is 0 Å². The summed E-state index contributed by atoms with van der Waals surface area (Å²) in [6.45, 7) is -6.42. The highest BCUT2D eigenvalue weighted by molar-refractivity contribution is 8.08. The number of carboxylic acids is 1. The van der Waals surface area contributed by atoms with Crippen LogP contribution in [0.1, 0.15) is 26.9 Å². The third kappa shape index (κ3) is 11.2. The molecule has 1 saturated heterocycles. The van der Waals surface area contributed by atoms with Gasteiger partial charge in [-0.25, -0.2) is 42.6 Å². The molecule has 2 aromatic carbocycles. The molecule has 0 spiro atoms. The van der Waals surface area contributed by atoms with Crippen molar-refractivity contribution >= 4 is 85.8 Å². The van der Waals surface area contributed by atoms with Crippen molar-refractivity contribution in [1.82, 2.24) is 34.7 Å². The summed E-state index contributed by atoms with van der Waals surface area (Å²) in [5.41, 5.74) is 8.68. The van der Waals surface area contributed by atoms with Gasteiger partial charge in [0, 0.05) is 67.1 Å². The van der Waals surface area contributed by atoms with Gasteiger partial charge in [0.1, 0.15) is 49.5 Å². The second kappa shape index (κ2) is 19.7. The molecule has 2 amide bonds. The summed E-state index contributed by atoms with van der Waals surface area (Å²) < 4.78 is 58.1. The number of alkyl carbamates (subject to hydrolysis) is 1. The molecule has 2 aromatic heterocycles. The Balaban J connectivity index is 1.07. The number of carbonyl (C=O) groups is 3. The van der Waals surface area contributed by atoms with Gasteiger partial charge in [-0.15, -0.1) is 0 Å². The summed E-state index contributed by atoms with van der Waals surface area (Å²) in [5.74, 6) is -1.44. The lowest BCUT2D eigenvalue weighted by molar-refractivity contribution is -0.0508. The molecule has 1 aliphatic carbocycles. The Morgan fingerprint density at radius 3 is 2.37 bits per heavy atom. The van der Waals surface area contributed by atoms with E-state index in [0.717, 1.165) is 17.4 Å². The summed E-state index contributed by atoms with van der Waals surface area (Å²) in [5, 5.41) is 28.2. The van der Waals surface area contributed by atoms with Gasteiger partial charge in [-0.2, -0.15) is 4.31 Å². The predicted octanol–water partition coefficient (Wildman–Crippen LogP) is 1.97. The normalized spacial score (nSPS) is 19.1. The van der Waals surface area contributed by atoms with Crippen LogP contribution in [0.4, 0.5) is 16.3 Å². The number of fused-ring (bicyclic) bond motifs is 3. The van der Waals surface area contributed by atoms with Crippen molar-refractivity contribution < 1.29 is 80.3 Å². The molecular formula is C38H43N9O17P3S+. The molecule has 4 heterocycles. The molecule has 362 valence electrons. The van der Waals surface area contributed by atoms with Crippen molar-refractivity contribution in [1.29, 1.82) is 0 Å². The molecule has 1 fully saturated rings. The van der Waals surface area contributed by atoms with Crippen molar-refractivity contribution in [3.05, 3.63) is 83.7 Å². The number of phosphoric acid groups is 2. The van der Waals surface area contributed by atoms with Crippen molar-refractivity contribution in [3.8, 4) is 22.5 Å². The van der Waals surface area contributed by atoms with Gasteiger partial charge in [-0.05, 0) is 53.8 Å². The van der Waals surface area contributed by atoms with Crippen LogP contribution in [0.3, 0.4) is 0 Å². The highest BCUT2D eigenvalue weighted by atomic mass is 32.5. The van der Waals surface area contributed by atoms with E-state index in [1.165, 1.54) is 29.1 Å². The zero-order chi connectivity index (χ0) is 49.5. The average molecular weight is 1020 g/mol. The van der Waals surface area contributed by atoms with E-state index >= 15 is 0 Å². The summed E-state index contributed by atoms with van der Waals surface area (Å²) in [6, 6.07) is 15.1. The zero-order valence-corrected chi connectivity index (χ0v) is 39.5. The van der Waals surface area contributed by atoms with Crippen LogP contribution >= 0.6 is 22.4 Å². The maximum Gasteiger partial charge on any atom is 0.488 e. The van der Waals surface area contributed by atoms with Crippen LogP contribution in [-0.2, 0) is 43.6 Å². The summed E-state index contributed by atoms with van der Waals surface area (Å²) >= 11 is 4.09. The van der Waals surface area contributed by atoms with E-state index in [0.29, 0.717) is 27.9 Å². The molecule has 6 atom stereocenters. The minimum Gasteiger partial charge on any atom is -0.478 e. The lowest BCUT2D eigenvalue weighted by atomic mass is 9.89. The first kappa shape index (κ1) is 50.1. The Morgan fingerprint density at radius 1 is 0.941 bits per heavy atom. The Kier molecular flexibility index (Phi) is 14.5. The number of rotatable bonds is 16. The number of phosphoric ester groups is 1. The van der Waals surface area contributed by atoms with E-state index in [4.69, 9.17) is 24.1 Å². The van der Waals surface area contributed by atoms with E-state index < -0.39 is 71.5 Å². The second-order valence-electron chi connectivity index (χ2n) is 15.3. The van der Waals surface area contributed by atoms with E-state index in [1.54, 1.807) is 0 Å². The van der Waals surface area contributed by atoms with Gasteiger partial charge in [0.05, 0.1) is 24.6 Å². The van der Waals surface area contributed by atoms with Crippen LogP contribution in [0.5, 0.6) is 0 Å². The van der Waals surface area contributed by atoms with Crippen LogP contribution < -0.4 is 31.2 Å². The number of imidazole rings is 1. The molecule has 3 aliphatic rings. The fourth-order valence-corrected chi connectivity index (χ4v) is 10.9. The number of anilines is 2. The maximum atomic E-state index is 13.6. The number of nitrogens with two attached hydrogens (primary N) is 1. The Bertz CT molecular complexity index is 3140. The summed E-state index contributed by atoms with van der Waals surface area (Å²) in [4.78, 5) is 91.6. The number of ether oxygens (including phenoxy) is 2. The quantitative estimate of drug-likeness (QED) is 0.0289. The number of aliphatic hydroxyl groups is 1. The molecule has 10 N–H and O–H groups in total. The Hall–Kier alpha value is -5.76. The Labute approximate surface area is 389 Å². The number of aromatic carboxylic acids is 1. The number of carboxylic acid groups (broad SMARTS) is 1. The predicted molar refractivity (Wildman–Crippen MR) is 243 cm³/mol. The molecule has 4 aromatic rings. The fourth-order valence-electron chi connectivity index (χ4n) is 7.16. The molecule has 0 saturated carbocycles. The fraction of sp³-hybridized carbons (Fsp3) is 0.289. The number of aliphatic hydroxyl groups excluding tert-OH is 1. The minimum atomic E-state index is -5.70. The van der Waals surface area contributed by atoms with E-state index in [1.807, 2.05) is 74.1 Å². The first-order valence-corrected chi connectivity index (χ1v) is 25.4. The number of hydrogen-bond donors (Lipinski definition) is 9. The SMILES string of the molecule is CN(C)c1ccc2c(-c3cc(C(=O)NCCNC(=O)O[C@H]4[C@@H](O)[C@H](n5cnc6c(N)ncnc65)O[C@@H]4COP(=O)(O)OP(=O)(O)OP(O)(O)=S)ccc3C(=O)O)c3ccc(=[N+](C)C)cc-3oc2c1. The molecule has 2 unspecified atom stereocenters. The molecule has 0 radical (unpaired) electrons. The second-order valence-corrected chi connectivity index (χ2v) is 21.1. The van der Waals surface area contributed by atoms with Crippen molar-refractivity contribution in [2.45, 2.75) is 24.5 Å². The number of nitrogens with zero attached hydrogens (tertiary/aromatic N) is 6. The van der Waals surface area contributed by atoms with Gasteiger partial charge in [-0.3, -0.25) is 13.9 Å². The average Bonchev–Trinajstić information content (AvgIpc) is 3.82. The number of aromatic nitrogens is 4. The van der Waals surface area contributed by atoms with Gasteiger partial charge in [0.25, 0.3) is 5.91 Å². The highest BCUT2D eigenvalue weighted by Gasteiger charge is 2.49. The van der Waals surface area contributed by atoms with Gasteiger partial charge in [0.2, 0.25) is 5.36 Å². The van der Waals surface area contributed by atoms with Gasteiger partial charge in [-0.1, -0.05) is 0 Å². The zero-order valence-electron chi connectivity index (χ0n) is 36.0. The first-order chi connectivity index (χ1) is 31.9. The molecular weight excluding hydrogens is 979 g/mol. The maximum absolute atomic E-state index is 13.6. The van der Waals surface area contributed by atoms with Crippen molar-refractivity contribution in [2.75, 3.05) is 58.5 Å². The monoisotopic (exact) mass is 1020 g/mol. The molecule has 68 heavy (non-hydrogen) atoms. The number of carbonyl (C=O) groups excluding carboxylic acids is 2. The van der Waals surface area contributed by atoms with Gasteiger partial charge in [0.15, 0.2) is 23.8 Å². The number of nitrogens with one attached hydrogen (secondary N) is 2. The number of hydrogen-bond acceptors (Lipinski definition) is 18. The standard InChI is InChI=1S/C38H42N9O17P3S/c1-45(2)20-6-9-23-26(14-20)60-27-15-21(46(3)4)7-10-24(27)29(23)25-13-19(5-8-22(25)37(50)51)35(49)40-11-12-41-38(52)62-32-28(16-59-65(53,54)63-66(55,56)64-67(57,58)68)61-36(31(32)48)47-18-44-30-33(39)42-17-43-34(30)47/h5-10,13-15,17-18,28,31-32,36,48H,11-12,16H2,1-4H3,(H8-,39,40,41,42,43,49,50,51,52,53,54,55,56,57,58,68)/p+1/t28-,31-,32-,36-/m1/s1. The number of benzene rings is 3. The Morgan fingerprint density at radius 2 is 1.68 bits per heavy atom. The third-order valence-corrected chi connectivity index (χ3v) is 14.6. The minimum absolute atomic E-state index is 0.0316. The van der Waals surface area contributed by atoms with Crippen LogP contribution in [0.25, 0.3) is 44.6 Å². The molecule has 30 heteroatoms. The van der Waals surface area contributed by atoms with Gasteiger partial charge < -0.3 is 64.9 Å². The summed E-state index contributed by atoms with van der Waals surface area (Å²) in [7, 11) is -3.83. The van der Waals surface area contributed by atoms with Crippen molar-refractivity contribution in [2.24, 2.45) is 0 Å². The topological polar surface area (TPSA) is 366 Å². The number of nitrogen functional groups attached to an aromatic ring is 1. The molecule has 0 bridgehead atoms. The van der Waals surface area contributed by atoms with Crippen LogP contribution in [0.15, 0.2) is 71.7 Å². The smallest absolute Gasteiger partial charge is 0.478 e. The molecule has 26 nitrogen and oxygen atoms in total. The lowest BCUT2D eigenvalue weighted by Crippen LogP contribution is -2.42. The molecule has 7 rings (SSSR count). The van der Waals surface area contributed by atoms with E-state index in [2.05, 4.69) is 46.0 Å². The van der Waals surface area contributed by atoms with Crippen LogP contribution in [0.2, 0.25) is 0 Å². The lowest BCUT2D eigenvalue weighted by Gasteiger charge is -2.22. The molecule has 2 aliphatic heterocycles. The number of amides is 2. The van der Waals surface area contributed by atoms with Gasteiger partial charge >= 0.3 is 34.4 Å². The summed E-state index contributed by atoms with van der Waals surface area (Å²) in [6.07, 6.45) is -5.56. The van der Waals surface area contributed by atoms with E-state index in [9.17, 15) is 53.3 Å².